The summed E-state index contributed by atoms with van der Waals surface area (Å²) < 4.78 is 2.81. The Labute approximate surface area is 126 Å². The second kappa shape index (κ2) is 5.83. The highest BCUT2D eigenvalue weighted by molar-refractivity contribution is 9.10. The van der Waals surface area contributed by atoms with Gasteiger partial charge in [0.15, 0.2) is 0 Å². The van der Waals surface area contributed by atoms with Crippen LogP contribution < -0.4 is 0 Å². The highest BCUT2D eigenvalue weighted by Gasteiger charge is 2.28. The van der Waals surface area contributed by atoms with E-state index in [1.54, 1.807) is 12.4 Å². The third-order valence-corrected chi connectivity index (χ3v) is 4.18. The van der Waals surface area contributed by atoms with Gasteiger partial charge in [-0.25, -0.2) is 0 Å². The predicted molar refractivity (Wildman–Crippen MR) is 79.4 cm³/mol. The summed E-state index contributed by atoms with van der Waals surface area (Å²) in [6.07, 6.45) is 8.79. The first-order chi connectivity index (χ1) is 9.74. The first-order valence-corrected chi connectivity index (χ1v) is 7.65. The zero-order valence-corrected chi connectivity index (χ0v) is 12.7. The van der Waals surface area contributed by atoms with Crippen LogP contribution in [0.3, 0.4) is 0 Å². The van der Waals surface area contributed by atoms with E-state index in [4.69, 9.17) is 0 Å². The fourth-order valence-corrected chi connectivity index (χ4v) is 3.07. The van der Waals surface area contributed by atoms with Gasteiger partial charge in [-0.05, 0) is 47.3 Å². The van der Waals surface area contributed by atoms with Gasteiger partial charge in [0.2, 0.25) is 0 Å². The summed E-state index contributed by atoms with van der Waals surface area (Å²) in [4.78, 5) is 17.6. The van der Waals surface area contributed by atoms with Crippen LogP contribution in [0.1, 0.15) is 29.8 Å². The van der Waals surface area contributed by atoms with E-state index in [0.717, 1.165) is 30.4 Å². The van der Waals surface area contributed by atoms with Gasteiger partial charge in [0, 0.05) is 29.6 Å². The molecule has 6 heteroatoms. The number of piperidine rings is 1. The number of amides is 1. The normalized spacial score (nSPS) is 19.2. The largest absolute Gasteiger partial charge is 0.356 e. The summed E-state index contributed by atoms with van der Waals surface area (Å²) in [5.41, 5.74) is 0.643. The maximum Gasteiger partial charge on any atom is 0.270 e. The molecule has 0 unspecified atom stereocenters. The van der Waals surface area contributed by atoms with E-state index in [9.17, 15) is 4.79 Å². The van der Waals surface area contributed by atoms with Gasteiger partial charge in [-0.15, -0.1) is 0 Å². The van der Waals surface area contributed by atoms with Crippen LogP contribution in [0, 0.1) is 0 Å². The molecule has 106 valence electrons. The molecule has 1 aliphatic rings. The standard InChI is InChI=1S/C14H17BrN4O/c15-11-8-13(16-9-11)14(20)19-7-2-1-4-12(19)10-18-6-3-5-17-18/h3,5-6,8-9,12,16H,1-2,4,7,10H2/t12-/m0/s1. The van der Waals surface area contributed by atoms with Crippen LogP contribution in [-0.2, 0) is 6.54 Å². The molecule has 1 N–H and O–H groups in total. The topological polar surface area (TPSA) is 53.9 Å². The van der Waals surface area contributed by atoms with Crippen molar-refractivity contribution >= 4 is 21.8 Å². The number of hydrogen-bond donors (Lipinski definition) is 1. The van der Waals surface area contributed by atoms with E-state index in [-0.39, 0.29) is 11.9 Å². The van der Waals surface area contributed by atoms with Crippen LogP contribution in [0.25, 0.3) is 0 Å². The van der Waals surface area contributed by atoms with Crippen molar-refractivity contribution in [2.75, 3.05) is 6.54 Å². The van der Waals surface area contributed by atoms with Gasteiger partial charge >= 0.3 is 0 Å². The summed E-state index contributed by atoms with van der Waals surface area (Å²) in [5, 5.41) is 4.24. The third kappa shape index (κ3) is 2.80. The Bertz CT molecular complexity index is 578. The fraction of sp³-hybridized carbons (Fsp3) is 0.429. The Morgan fingerprint density at radius 3 is 3.10 bits per heavy atom. The monoisotopic (exact) mass is 336 g/mol. The van der Waals surface area contributed by atoms with E-state index in [1.165, 1.54) is 6.42 Å². The molecule has 0 aliphatic carbocycles. The Balaban J connectivity index is 1.76. The number of nitrogens with one attached hydrogen (secondary N) is 1. The summed E-state index contributed by atoms with van der Waals surface area (Å²) in [6.45, 7) is 1.59. The predicted octanol–water partition coefficient (Wildman–Crippen LogP) is 2.67. The molecule has 2 aromatic heterocycles. The molecule has 0 bridgehead atoms. The summed E-state index contributed by atoms with van der Waals surface area (Å²) in [6, 6.07) is 3.97. The zero-order valence-electron chi connectivity index (χ0n) is 11.1. The lowest BCUT2D eigenvalue weighted by molar-refractivity contribution is 0.0578. The molecule has 1 saturated heterocycles. The fourth-order valence-electron chi connectivity index (χ4n) is 2.73. The van der Waals surface area contributed by atoms with Gasteiger partial charge in [-0.1, -0.05) is 0 Å². The van der Waals surface area contributed by atoms with Gasteiger partial charge in [0.1, 0.15) is 5.69 Å². The van der Waals surface area contributed by atoms with Crippen molar-refractivity contribution in [3.8, 4) is 0 Å². The number of rotatable bonds is 3. The first kappa shape index (κ1) is 13.4. The van der Waals surface area contributed by atoms with Gasteiger partial charge in [0.25, 0.3) is 5.91 Å². The molecular formula is C14H17BrN4O. The minimum atomic E-state index is 0.0764. The van der Waals surface area contributed by atoms with Crippen LogP contribution >= 0.6 is 15.9 Å². The number of likely N-dealkylation sites (tertiary alicyclic amines) is 1. The molecular weight excluding hydrogens is 320 g/mol. The van der Waals surface area contributed by atoms with Crippen molar-refractivity contribution < 1.29 is 4.79 Å². The quantitative estimate of drug-likeness (QED) is 0.936. The molecule has 3 rings (SSSR count). The summed E-state index contributed by atoms with van der Waals surface area (Å²) >= 11 is 3.37. The van der Waals surface area contributed by atoms with Gasteiger partial charge in [-0.2, -0.15) is 5.10 Å². The van der Waals surface area contributed by atoms with Crippen LogP contribution in [0.5, 0.6) is 0 Å². The molecule has 1 amide bonds. The van der Waals surface area contributed by atoms with E-state index >= 15 is 0 Å². The average molecular weight is 337 g/mol. The second-order valence-corrected chi connectivity index (χ2v) is 6.02. The number of H-pyrrole nitrogens is 1. The van der Waals surface area contributed by atoms with Crippen LogP contribution in [0.2, 0.25) is 0 Å². The number of halogens is 1. The van der Waals surface area contributed by atoms with Crippen LogP contribution in [-0.4, -0.2) is 38.2 Å². The highest BCUT2D eigenvalue weighted by Crippen LogP contribution is 2.21. The molecule has 2 aromatic rings. The molecule has 1 aliphatic heterocycles. The molecule has 1 fully saturated rings. The Hall–Kier alpha value is -1.56. The Morgan fingerprint density at radius 2 is 2.40 bits per heavy atom. The number of hydrogen-bond acceptors (Lipinski definition) is 2. The minimum Gasteiger partial charge on any atom is -0.356 e. The Kier molecular flexibility index (Phi) is 3.91. The van der Waals surface area contributed by atoms with Crippen molar-refractivity contribution in [2.45, 2.75) is 31.8 Å². The number of nitrogens with zero attached hydrogens (tertiary/aromatic N) is 3. The molecule has 0 spiro atoms. The average Bonchev–Trinajstić information content (AvgIpc) is 3.10. The zero-order chi connectivity index (χ0) is 13.9. The summed E-state index contributed by atoms with van der Waals surface area (Å²) in [7, 11) is 0. The summed E-state index contributed by atoms with van der Waals surface area (Å²) in [5.74, 6) is 0.0764. The van der Waals surface area contributed by atoms with Gasteiger partial charge in [0.05, 0.1) is 12.6 Å². The maximum absolute atomic E-state index is 12.6. The van der Waals surface area contributed by atoms with E-state index in [2.05, 4.69) is 26.0 Å². The molecule has 5 nitrogen and oxygen atoms in total. The van der Waals surface area contributed by atoms with Crippen molar-refractivity contribution in [2.24, 2.45) is 0 Å². The highest BCUT2D eigenvalue weighted by atomic mass is 79.9. The van der Waals surface area contributed by atoms with E-state index in [1.807, 2.05) is 27.9 Å². The first-order valence-electron chi connectivity index (χ1n) is 6.86. The molecule has 0 radical (unpaired) electrons. The molecule has 3 heterocycles. The van der Waals surface area contributed by atoms with Crippen molar-refractivity contribution in [3.63, 3.8) is 0 Å². The van der Waals surface area contributed by atoms with Crippen LogP contribution in [0.15, 0.2) is 35.2 Å². The number of carbonyl (C=O) groups excluding carboxylic acids is 1. The third-order valence-electron chi connectivity index (χ3n) is 3.72. The number of aromatic nitrogens is 3. The van der Waals surface area contributed by atoms with Crippen LogP contribution in [0.4, 0.5) is 0 Å². The van der Waals surface area contributed by atoms with E-state index < -0.39 is 0 Å². The second-order valence-electron chi connectivity index (χ2n) is 5.11. The lowest BCUT2D eigenvalue weighted by Gasteiger charge is -2.35. The number of aromatic amines is 1. The van der Waals surface area contributed by atoms with E-state index in [0.29, 0.717) is 5.69 Å². The van der Waals surface area contributed by atoms with Gasteiger partial charge < -0.3 is 9.88 Å². The smallest absolute Gasteiger partial charge is 0.270 e. The lowest BCUT2D eigenvalue weighted by atomic mass is 10.0. The van der Waals surface area contributed by atoms with Gasteiger partial charge in [-0.3, -0.25) is 9.48 Å². The van der Waals surface area contributed by atoms with Crippen molar-refractivity contribution in [1.82, 2.24) is 19.7 Å². The maximum atomic E-state index is 12.6. The van der Waals surface area contributed by atoms with Crippen molar-refractivity contribution in [3.05, 3.63) is 40.9 Å². The SMILES string of the molecule is O=C(c1cc(Br)c[nH]1)N1CCCC[C@H]1Cn1cccn1. The van der Waals surface area contributed by atoms with Crippen molar-refractivity contribution in [1.29, 1.82) is 0 Å². The molecule has 0 aromatic carbocycles. The molecule has 0 saturated carbocycles. The molecule has 20 heavy (non-hydrogen) atoms. The molecule has 1 atom stereocenters. The number of carbonyl (C=O) groups is 1. The Morgan fingerprint density at radius 1 is 1.50 bits per heavy atom. The lowest BCUT2D eigenvalue weighted by Crippen LogP contribution is -2.46. The minimum absolute atomic E-state index is 0.0764.